The molecule has 0 unspecified atom stereocenters. The molecule has 1 amide bonds. The molecule has 0 saturated heterocycles. The number of nitrogens with one attached hydrogen (secondary N) is 1. The fourth-order valence-corrected chi connectivity index (χ4v) is 4.18. The normalized spacial score (nSPS) is 11.5. The van der Waals surface area contributed by atoms with Gasteiger partial charge in [-0.2, -0.15) is 4.31 Å². The summed E-state index contributed by atoms with van der Waals surface area (Å²) in [6.45, 7) is 4.61. The Morgan fingerprint density at radius 3 is 2.54 bits per heavy atom. The summed E-state index contributed by atoms with van der Waals surface area (Å²) in [6, 6.07) is 9.75. The number of nitrogens with zero attached hydrogens (tertiary/aromatic N) is 2. The van der Waals surface area contributed by atoms with Crippen molar-refractivity contribution in [3.05, 3.63) is 58.9 Å². The Labute approximate surface area is 159 Å². The smallest absolute Gasteiger partial charge is 0.252 e. The molecule has 0 atom stereocenters. The third-order valence-electron chi connectivity index (χ3n) is 3.92. The van der Waals surface area contributed by atoms with E-state index in [1.54, 1.807) is 20.0 Å². The number of hydrogen-bond donors (Lipinski definition) is 1. The topological polar surface area (TPSA) is 79.4 Å². The van der Waals surface area contributed by atoms with E-state index in [2.05, 4.69) is 10.3 Å². The van der Waals surface area contributed by atoms with Crippen molar-refractivity contribution in [1.29, 1.82) is 0 Å². The van der Waals surface area contributed by atoms with Gasteiger partial charge in [0.1, 0.15) is 0 Å². The number of carbonyl (C=O) groups is 1. The number of benzene rings is 1. The van der Waals surface area contributed by atoms with Crippen LogP contribution in [-0.4, -0.2) is 43.2 Å². The lowest BCUT2D eigenvalue weighted by Crippen LogP contribution is -2.31. The van der Waals surface area contributed by atoms with Gasteiger partial charge in [-0.25, -0.2) is 8.42 Å². The molecular weight excluding hydrogens is 374 g/mol. The van der Waals surface area contributed by atoms with Crippen LogP contribution in [0.25, 0.3) is 0 Å². The predicted octanol–water partition coefficient (Wildman–Crippen LogP) is 2.74. The molecule has 0 spiro atoms. The molecule has 1 heterocycles. The van der Waals surface area contributed by atoms with Crippen LogP contribution in [0.2, 0.25) is 5.02 Å². The van der Waals surface area contributed by atoms with Gasteiger partial charge in [0.2, 0.25) is 10.0 Å². The van der Waals surface area contributed by atoms with Crippen molar-refractivity contribution in [3.63, 3.8) is 0 Å². The maximum Gasteiger partial charge on any atom is 0.252 e. The van der Waals surface area contributed by atoms with E-state index >= 15 is 0 Å². The Bertz CT molecular complexity index is 853. The lowest BCUT2D eigenvalue weighted by molar-refractivity contribution is 0.0954. The van der Waals surface area contributed by atoms with E-state index in [0.29, 0.717) is 26.1 Å². The van der Waals surface area contributed by atoms with Crippen molar-refractivity contribution in [3.8, 4) is 0 Å². The zero-order valence-electron chi connectivity index (χ0n) is 14.8. The van der Waals surface area contributed by atoms with Gasteiger partial charge in [-0.15, -0.1) is 0 Å². The molecule has 0 saturated carbocycles. The first kappa shape index (κ1) is 20.4. The molecule has 0 aliphatic rings. The largest absolute Gasteiger partial charge is 0.352 e. The Morgan fingerprint density at radius 1 is 1.19 bits per heavy atom. The first-order valence-corrected chi connectivity index (χ1v) is 10.2. The van der Waals surface area contributed by atoms with Crippen LogP contribution >= 0.6 is 11.6 Å². The molecule has 6 nitrogen and oxygen atoms in total. The van der Waals surface area contributed by atoms with E-state index in [9.17, 15) is 13.2 Å². The minimum Gasteiger partial charge on any atom is -0.352 e. The van der Waals surface area contributed by atoms with Gasteiger partial charge in [-0.05, 0) is 30.3 Å². The molecule has 1 aromatic heterocycles. The monoisotopic (exact) mass is 395 g/mol. The lowest BCUT2D eigenvalue weighted by atomic mass is 10.2. The summed E-state index contributed by atoms with van der Waals surface area (Å²) in [5.74, 6) is -0.414. The van der Waals surface area contributed by atoms with Gasteiger partial charge in [0.15, 0.2) is 0 Å². The maximum absolute atomic E-state index is 12.6. The number of amides is 1. The summed E-state index contributed by atoms with van der Waals surface area (Å²) in [6.07, 6.45) is 2.26. The van der Waals surface area contributed by atoms with Crippen LogP contribution in [0.15, 0.2) is 47.5 Å². The minimum absolute atomic E-state index is 0.0560. The van der Waals surface area contributed by atoms with Gasteiger partial charge in [0.05, 0.1) is 15.5 Å². The summed E-state index contributed by atoms with van der Waals surface area (Å²) in [5, 5.41) is 2.96. The van der Waals surface area contributed by atoms with Gasteiger partial charge in [0.25, 0.3) is 5.91 Å². The van der Waals surface area contributed by atoms with E-state index in [-0.39, 0.29) is 15.5 Å². The van der Waals surface area contributed by atoms with Gasteiger partial charge in [-0.3, -0.25) is 9.78 Å². The van der Waals surface area contributed by atoms with Crippen LogP contribution in [0.1, 0.15) is 29.9 Å². The second kappa shape index (κ2) is 9.12. The molecular formula is C18H22ClN3O3S. The van der Waals surface area contributed by atoms with Crippen LogP contribution in [-0.2, 0) is 16.4 Å². The number of sulfonamides is 1. The highest BCUT2D eigenvalue weighted by Crippen LogP contribution is 2.23. The molecule has 140 valence electrons. The average molecular weight is 396 g/mol. The Balaban J connectivity index is 2.14. The first-order valence-electron chi connectivity index (χ1n) is 8.38. The minimum atomic E-state index is -3.65. The van der Waals surface area contributed by atoms with Gasteiger partial charge in [-0.1, -0.05) is 31.5 Å². The van der Waals surface area contributed by atoms with Crippen LogP contribution in [0.4, 0.5) is 0 Å². The maximum atomic E-state index is 12.6. The zero-order chi connectivity index (χ0) is 19.2. The lowest BCUT2D eigenvalue weighted by Gasteiger charge is -2.19. The van der Waals surface area contributed by atoms with Crippen molar-refractivity contribution in [2.75, 3.05) is 19.6 Å². The van der Waals surface area contributed by atoms with Gasteiger partial charge in [0, 0.05) is 37.9 Å². The third kappa shape index (κ3) is 4.81. The van der Waals surface area contributed by atoms with Gasteiger partial charge < -0.3 is 5.32 Å². The highest BCUT2D eigenvalue weighted by Gasteiger charge is 2.23. The molecule has 1 N–H and O–H groups in total. The van der Waals surface area contributed by atoms with E-state index in [0.717, 1.165) is 5.69 Å². The summed E-state index contributed by atoms with van der Waals surface area (Å²) in [4.78, 5) is 16.7. The van der Waals surface area contributed by atoms with Crippen molar-refractivity contribution >= 4 is 27.5 Å². The quantitative estimate of drug-likeness (QED) is 0.745. The van der Waals surface area contributed by atoms with Crippen molar-refractivity contribution in [1.82, 2.24) is 14.6 Å². The SMILES string of the molecule is CCN(CC)S(=O)(=O)c1ccc(Cl)c(C(=O)NCCc2ccccn2)c1. The highest BCUT2D eigenvalue weighted by molar-refractivity contribution is 7.89. The van der Waals surface area contributed by atoms with Crippen molar-refractivity contribution in [2.24, 2.45) is 0 Å². The third-order valence-corrected chi connectivity index (χ3v) is 6.29. The second-order valence-electron chi connectivity index (χ2n) is 5.56. The number of rotatable bonds is 8. The summed E-state index contributed by atoms with van der Waals surface area (Å²) < 4.78 is 26.6. The van der Waals surface area contributed by atoms with E-state index in [4.69, 9.17) is 11.6 Å². The number of carbonyl (C=O) groups excluding carboxylic acids is 1. The standard InChI is InChI=1S/C18H22ClN3O3S/c1-3-22(4-2)26(24,25)15-8-9-17(19)16(13-15)18(23)21-12-10-14-7-5-6-11-20-14/h5-9,11,13H,3-4,10,12H2,1-2H3,(H,21,23). The number of aromatic nitrogens is 1. The average Bonchev–Trinajstić information content (AvgIpc) is 2.63. The molecule has 0 radical (unpaired) electrons. The first-order chi connectivity index (χ1) is 12.4. The molecule has 0 aliphatic carbocycles. The van der Waals surface area contributed by atoms with Crippen molar-refractivity contribution < 1.29 is 13.2 Å². The van der Waals surface area contributed by atoms with Crippen LogP contribution < -0.4 is 5.32 Å². The summed E-state index contributed by atoms with van der Waals surface area (Å²) >= 11 is 6.10. The molecule has 1 aromatic carbocycles. The fourth-order valence-electron chi connectivity index (χ4n) is 2.50. The fraction of sp³-hybridized carbons (Fsp3) is 0.333. The molecule has 2 rings (SSSR count). The number of halogens is 1. The molecule has 0 aliphatic heterocycles. The van der Waals surface area contributed by atoms with E-state index in [1.807, 2.05) is 18.2 Å². The van der Waals surface area contributed by atoms with Gasteiger partial charge >= 0.3 is 0 Å². The highest BCUT2D eigenvalue weighted by atomic mass is 35.5. The Kier molecular flexibility index (Phi) is 7.14. The van der Waals surface area contributed by atoms with Crippen LogP contribution in [0, 0.1) is 0 Å². The Hall–Kier alpha value is -1.96. The molecule has 0 fully saturated rings. The number of pyridine rings is 1. The van der Waals surface area contributed by atoms with Crippen molar-refractivity contribution in [2.45, 2.75) is 25.2 Å². The second-order valence-corrected chi connectivity index (χ2v) is 7.90. The predicted molar refractivity (Wildman–Crippen MR) is 102 cm³/mol. The van der Waals surface area contributed by atoms with E-state index < -0.39 is 15.9 Å². The van der Waals surface area contributed by atoms with E-state index in [1.165, 1.54) is 22.5 Å². The van der Waals surface area contributed by atoms with Crippen LogP contribution in [0.3, 0.4) is 0 Å². The summed E-state index contributed by atoms with van der Waals surface area (Å²) in [7, 11) is -3.65. The molecule has 26 heavy (non-hydrogen) atoms. The Morgan fingerprint density at radius 2 is 1.92 bits per heavy atom. The molecule has 8 heteroatoms. The molecule has 2 aromatic rings. The molecule has 0 bridgehead atoms. The summed E-state index contributed by atoms with van der Waals surface area (Å²) in [5.41, 5.74) is 0.998. The number of hydrogen-bond acceptors (Lipinski definition) is 4. The van der Waals surface area contributed by atoms with Crippen LogP contribution in [0.5, 0.6) is 0 Å². The zero-order valence-corrected chi connectivity index (χ0v) is 16.3.